The highest BCUT2D eigenvalue weighted by molar-refractivity contribution is 6.33. The van der Waals surface area contributed by atoms with E-state index in [1.807, 2.05) is 0 Å². The largest absolute Gasteiger partial charge is 0.461 e. The van der Waals surface area contributed by atoms with Gasteiger partial charge in [0.1, 0.15) is 16.5 Å². The Morgan fingerprint density at radius 3 is 2.75 bits per heavy atom. The van der Waals surface area contributed by atoms with Crippen molar-refractivity contribution >= 4 is 17.6 Å². The summed E-state index contributed by atoms with van der Waals surface area (Å²) in [5, 5.41) is -0.622. The smallest absolute Gasteiger partial charge is 0.358 e. The average molecular weight is 254 g/mol. The Labute approximate surface area is 94.2 Å². The number of hydrogen-bond donors (Lipinski definition) is 0. The van der Waals surface area contributed by atoms with Crippen molar-refractivity contribution in [2.45, 2.75) is 13.3 Å². The molecule has 0 unspecified atom stereocenters. The lowest BCUT2D eigenvalue weighted by atomic mass is 10.3. The molecule has 0 aliphatic heterocycles. The van der Waals surface area contributed by atoms with Gasteiger partial charge in [0.25, 0.3) is 6.43 Å². The Morgan fingerprint density at radius 2 is 2.25 bits per heavy atom. The van der Waals surface area contributed by atoms with Gasteiger partial charge in [0.15, 0.2) is 5.69 Å². The van der Waals surface area contributed by atoms with E-state index in [1.54, 1.807) is 0 Å². The zero-order valence-corrected chi connectivity index (χ0v) is 8.89. The Hall–Kier alpha value is -1.30. The van der Waals surface area contributed by atoms with Crippen molar-refractivity contribution in [3.05, 3.63) is 28.3 Å². The summed E-state index contributed by atoms with van der Waals surface area (Å²) in [7, 11) is 0. The quantitative estimate of drug-likeness (QED) is 0.778. The number of pyridine rings is 1. The number of esters is 1. The van der Waals surface area contributed by atoms with Gasteiger partial charge in [0.2, 0.25) is 0 Å². The lowest BCUT2D eigenvalue weighted by molar-refractivity contribution is 0.0517. The fourth-order valence-electron chi connectivity index (χ4n) is 0.963. The molecule has 0 aromatic carbocycles. The highest BCUT2D eigenvalue weighted by atomic mass is 35.5. The molecule has 0 atom stereocenters. The van der Waals surface area contributed by atoms with E-state index >= 15 is 0 Å². The first-order valence-electron chi connectivity index (χ1n) is 4.28. The monoisotopic (exact) mass is 253 g/mol. The van der Waals surface area contributed by atoms with Gasteiger partial charge in [-0.3, -0.25) is 0 Å². The second-order valence-electron chi connectivity index (χ2n) is 2.71. The number of carbonyl (C=O) groups excluding carboxylic acids is 1. The summed E-state index contributed by atoms with van der Waals surface area (Å²) in [5.74, 6) is -2.16. The summed E-state index contributed by atoms with van der Waals surface area (Å²) in [6.07, 6.45) is -2.99. The van der Waals surface area contributed by atoms with E-state index in [2.05, 4.69) is 9.72 Å². The van der Waals surface area contributed by atoms with Crippen LogP contribution in [0.4, 0.5) is 13.2 Å². The maximum absolute atomic E-state index is 13.1. The third kappa shape index (κ3) is 2.63. The zero-order valence-electron chi connectivity index (χ0n) is 8.14. The predicted octanol–water partition coefficient (Wildman–Crippen LogP) is 2.99. The summed E-state index contributed by atoms with van der Waals surface area (Å²) in [6.45, 7) is 1.52. The van der Waals surface area contributed by atoms with E-state index in [0.29, 0.717) is 6.07 Å². The lowest BCUT2D eigenvalue weighted by Crippen LogP contribution is -2.10. The van der Waals surface area contributed by atoms with Crippen LogP contribution in [0, 0.1) is 5.82 Å². The minimum absolute atomic E-state index is 0.0113. The molecule has 1 heterocycles. The van der Waals surface area contributed by atoms with Crippen molar-refractivity contribution < 1.29 is 22.7 Å². The van der Waals surface area contributed by atoms with Crippen molar-refractivity contribution in [3.8, 4) is 0 Å². The molecule has 0 bridgehead atoms. The van der Waals surface area contributed by atoms with Crippen LogP contribution in [0.25, 0.3) is 0 Å². The van der Waals surface area contributed by atoms with Crippen LogP contribution in [0.15, 0.2) is 6.07 Å². The summed E-state index contributed by atoms with van der Waals surface area (Å²) >= 11 is 5.42. The molecule has 0 radical (unpaired) electrons. The van der Waals surface area contributed by atoms with Crippen molar-refractivity contribution in [1.29, 1.82) is 0 Å². The number of rotatable bonds is 3. The second kappa shape index (κ2) is 5.16. The molecule has 0 saturated heterocycles. The second-order valence-corrected chi connectivity index (χ2v) is 3.09. The molecule has 1 rings (SSSR count). The highest BCUT2D eigenvalue weighted by Gasteiger charge is 2.21. The molecule has 0 spiro atoms. The van der Waals surface area contributed by atoms with Gasteiger partial charge in [-0.25, -0.2) is 22.9 Å². The van der Waals surface area contributed by atoms with Crippen LogP contribution in [-0.4, -0.2) is 17.6 Å². The number of ether oxygens (including phenoxy) is 1. The maximum atomic E-state index is 13.1. The van der Waals surface area contributed by atoms with Crippen molar-refractivity contribution in [2.75, 3.05) is 6.61 Å². The third-order valence-corrected chi connectivity index (χ3v) is 1.99. The van der Waals surface area contributed by atoms with E-state index < -0.39 is 34.6 Å². The summed E-state index contributed by atoms with van der Waals surface area (Å²) in [6, 6.07) is 0.482. The van der Waals surface area contributed by atoms with Crippen molar-refractivity contribution in [2.24, 2.45) is 0 Å². The van der Waals surface area contributed by atoms with Crippen LogP contribution in [0.2, 0.25) is 5.02 Å². The first kappa shape index (κ1) is 12.8. The predicted molar refractivity (Wildman–Crippen MR) is 50.1 cm³/mol. The molecule has 0 fully saturated rings. The van der Waals surface area contributed by atoms with Gasteiger partial charge in [-0.2, -0.15) is 0 Å². The average Bonchev–Trinajstić information content (AvgIpc) is 2.21. The van der Waals surface area contributed by atoms with Crippen LogP contribution in [0.1, 0.15) is 29.5 Å². The number of carbonyl (C=O) groups is 1. The minimum Gasteiger partial charge on any atom is -0.461 e. The molecular weight excluding hydrogens is 247 g/mol. The number of aromatic nitrogens is 1. The first-order valence-corrected chi connectivity index (χ1v) is 4.66. The summed E-state index contributed by atoms with van der Waals surface area (Å²) in [4.78, 5) is 14.5. The van der Waals surface area contributed by atoms with E-state index in [1.165, 1.54) is 6.92 Å². The van der Waals surface area contributed by atoms with Gasteiger partial charge >= 0.3 is 5.97 Å². The molecule has 16 heavy (non-hydrogen) atoms. The van der Waals surface area contributed by atoms with Crippen LogP contribution in [0.3, 0.4) is 0 Å². The third-order valence-electron chi connectivity index (χ3n) is 1.63. The molecule has 7 heteroatoms. The van der Waals surface area contributed by atoms with Gasteiger partial charge in [-0.1, -0.05) is 11.6 Å². The fourth-order valence-corrected chi connectivity index (χ4v) is 1.14. The Kier molecular flexibility index (Phi) is 4.12. The molecule has 0 N–H and O–H groups in total. The standard InChI is InChI=1S/C9H7ClF3NO2/c1-2-16-9(15)7-6(10)4(11)3-5(14-7)8(12)13/h3,8H,2H2,1H3. The van der Waals surface area contributed by atoms with Crippen LogP contribution >= 0.6 is 11.6 Å². The molecule has 0 saturated carbocycles. The Bertz CT molecular complexity index is 412. The highest BCUT2D eigenvalue weighted by Crippen LogP contribution is 2.24. The van der Waals surface area contributed by atoms with Gasteiger partial charge in [-0.05, 0) is 6.92 Å². The maximum Gasteiger partial charge on any atom is 0.358 e. The van der Waals surface area contributed by atoms with Gasteiger partial charge in [0, 0.05) is 6.07 Å². The normalized spacial score (nSPS) is 10.6. The van der Waals surface area contributed by atoms with Gasteiger partial charge in [0.05, 0.1) is 6.61 Å². The number of alkyl halides is 2. The molecule has 3 nitrogen and oxygen atoms in total. The Balaban J connectivity index is 3.21. The molecule has 88 valence electrons. The fraction of sp³-hybridized carbons (Fsp3) is 0.333. The minimum atomic E-state index is -2.99. The van der Waals surface area contributed by atoms with Crippen LogP contribution in [0.5, 0.6) is 0 Å². The molecular formula is C9H7ClF3NO2. The number of nitrogens with zero attached hydrogens (tertiary/aromatic N) is 1. The molecule has 0 amide bonds. The summed E-state index contributed by atoms with van der Waals surface area (Å²) in [5.41, 5.74) is -1.50. The van der Waals surface area contributed by atoms with Gasteiger partial charge in [-0.15, -0.1) is 0 Å². The number of halogens is 4. The summed E-state index contributed by atoms with van der Waals surface area (Å²) < 4.78 is 42.2. The van der Waals surface area contributed by atoms with Crippen LogP contribution in [-0.2, 0) is 4.74 Å². The van der Waals surface area contributed by atoms with E-state index in [-0.39, 0.29) is 6.61 Å². The van der Waals surface area contributed by atoms with Crippen molar-refractivity contribution in [1.82, 2.24) is 4.98 Å². The Morgan fingerprint density at radius 1 is 1.62 bits per heavy atom. The van der Waals surface area contributed by atoms with Crippen LogP contribution < -0.4 is 0 Å². The molecule has 0 aliphatic rings. The van der Waals surface area contributed by atoms with Gasteiger partial charge < -0.3 is 4.74 Å². The zero-order chi connectivity index (χ0) is 12.3. The SMILES string of the molecule is CCOC(=O)c1nc(C(F)F)cc(F)c1Cl. The number of hydrogen-bond acceptors (Lipinski definition) is 3. The van der Waals surface area contributed by atoms with E-state index in [0.717, 1.165) is 0 Å². The van der Waals surface area contributed by atoms with E-state index in [9.17, 15) is 18.0 Å². The molecule has 0 aliphatic carbocycles. The first-order chi connectivity index (χ1) is 7.47. The van der Waals surface area contributed by atoms with Crippen molar-refractivity contribution in [3.63, 3.8) is 0 Å². The van der Waals surface area contributed by atoms with E-state index in [4.69, 9.17) is 11.6 Å². The topological polar surface area (TPSA) is 39.2 Å². The molecule has 1 aromatic rings. The lowest BCUT2D eigenvalue weighted by Gasteiger charge is -2.06. The molecule has 1 aromatic heterocycles.